The van der Waals surface area contributed by atoms with Gasteiger partial charge >= 0.3 is 5.97 Å². The van der Waals surface area contributed by atoms with Crippen LogP contribution in [0, 0.1) is 5.92 Å². The van der Waals surface area contributed by atoms with Gasteiger partial charge in [0.25, 0.3) is 0 Å². The summed E-state index contributed by atoms with van der Waals surface area (Å²) in [6.45, 7) is 1.55. The Hall–Kier alpha value is -2.24. The molecule has 2 atom stereocenters. The van der Waals surface area contributed by atoms with E-state index in [-0.39, 0.29) is 18.8 Å². The summed E-state index contributed by atoms with van der Waals surface area (Å²) in [4.78, 5) is 13.7. The summed E-state index contributed by atoms with van der Waals surface area (Å²) in [6.07, 6.45) is 1.56. The van der Waals surface area contributed by atoms with E-state index < -0.39 is 5.97 Å². The minimum absolute atomic E-state index is 0.125. The van der Waals surface area contributed by atoms with Crippen LogP contribution < -0.4 is 9.47 Å². The maximum absolute atomic E-state index is 11.5. The molecule has 1 fully saturated rings. The molecule has 0 amide bonds. The van der Waals surface area contributed by atoms with E-state index >= 15 is 0 Å². The van der Waals surface area contributed by atoms with Crippen LogP contribution in [0.25, 0.3) is 0 Å². The smallest absolute Gasteiger partial charge is 0.307 e. The minimum atomic E-state index is -0.738. The molecule has 6 heteroatoms. The van der Waals surface area contributed by atoms with Crippen LogP contribution in [0.15, 0.2) is 42.5 Å². The fraction of sp³-hybridized carbons (Fsp3) is 0.350. The Bertz CT molecular complexity index is 825. The molecular weight excluding hydrogens is 354 g/mol. The van der Waals surface area contributed by atoms with Gasteiger partial charge in [-0.3, -0.25) is 9.69 Å². The third-order valence-electron chi connectivity index (χ3n) is 5.08. The molecule has 26 heavy (non-hydrogen) atoms. The third-order valence-corrected chi connectivity index (χ3v) is 5.42. The summed E-state index contributed by atoms with van der Waals surface area (Å²) >= 11 is 6.51. The molecule has 2 aromatic rings. The molecule has 2 aliphatic rings. The van der Waals surface area contributed by atoms with Gasteiger partial charge in [-0.15, -0.1) is 0 Å². The fourth-order valence-corrected chi connectivity index (χ4v) is 4.05. The maximum atomic E-state index is 11.5. The van der Waals surface area contributed by atoms with E-state index in [2.05, 4.69) is 4.90 Å². The van der Waals surface area contributed by atoms with Crippen molar-refractivity contribution in [1.82, 2.24) is 4.90 Å². The summed E-state index contributed by atoms with van der Waals surface area (Å²) in [5, 5.41) is 10.1. The number of ether oxygens (including phenoxy) is 2. The van der Waals surface area contributed by atoms with Gasteiger partial charge in [0.2, 0.25) is 6.79 Å². The number of aliphatic carboxylic acids is 1. The summed E-state index contributed by atoms with van der Waals surface area (Å²) in [6, 6.07) is 13.5. The first-order valence-electron chi connectivity index (χ1n) is 8.74. The highest BCUT2D eigenvalue weighted by atomic mass is 35.5. The monoisotopic (exact) mass is 373 g/mol. The van der Waals surface area contributed by atoms with Gasteiger partial charge in [-0.25, -0.2) is 0 Å². The maximum Gasteiger partial charge on any atom is 0.307 e. The number of nitrogens with zero attached hydrogens (tertiary/aromatic N) is 1. The first kappa shape index (κ1) is 17.2. The lowest BCUT2D eigenvalue weighted by Crippen LogP contribution is -2.41. The van der Waals surface area contributed by atoms with Crippen LogP contribution in [0.3, 0.4) is 0 Å². The number of hydrogen-bond acceptors (Lipinski definition) is 4. The number of carboxylic acid groups (broad SMARTS) is 1. The van der Waals surface area contributed by atoms with Crippen molar-refractivity contribution in [2.75, 3.05) is 19.9 Å². The molecule has 2 aromatic carbocycles. The van der Waals surface area contributed by atoms with Gasteiger partial charge < -0.3 is 14.6 Å². The normalized spacial score (nSPS) is 20.7. The van der Waals surface area contributed by atoms with E-state index in [1.807, 2.05) is 42.5 Å². The van der Waals surface area contributed by atoms with Gasteiger partial charge in [0.15, 0.2) is 11.5 Å². The summed E-state index contributed by atoms with van der Waals surface area (Å²) in [5.74, 6) is 0.348. The predicted molar refractivity (Wildman–Crippen MR) is 97.8 cm³/mol. The van der Waals surface area contributed by atoms with E-state index in [0.717, 1.165) is 29.8 Å². The Balaban J connectivity index is 1.75. The Morgan fingerprint density at radius 3 is 2.81 bits per heavy atom. The Labute approximate surface area is 157 Å². The van der Waals surface area contributed by atoms with Gasteiger partial charge in [-0.1, -0.05) is 35.9 Å². The van der Waals surface area contributed by atoms with Gasteiger partial charge in [0.05, 0.1) is 12.0 Å². The zero-order valence-corrected chi connectivity index (χ0v) is 15.0. The SMILES string of the molecule is O=C(O)C1CCCN(C(c2ccc3c(c2)OCO3)c2ccccc2Cl)C1. The van der Waals surface area contributed by atoms with Gasteiger partial charge in [-0.2, -0.15) is 0 Å². The van der Waals surface area contributed by atoms with Gasteiger partial charge in [-0.05, 0) is 48.7 Å². The number of fused-ring (bicyclic) bond motifs is 1. The summed E-state index contributed by atoms with van der Waals surface area (Å²) in [7, 11) is 0. The molecule has 0 aromatic heterocycles. The van der Waals surface area contributed by atoms with Crippen LogP contribution >= 0.6 is 11.6 Å². The minimum Gasteiger partial charge on any atom is -0.481 e. The van der Waals surface area contributed by atoms with Crippen molar-refractivity contribution in [3.05, 3.63) is 58.6 Å². The molecule has 0 radical (unpaired) electrons. The number of piperidine rings is 1. The van der Waals surface area contributed by atoms with Crippen LogP contribution in [-0.4, -0.2) is 35.9 Å². The second kappa shape index (κ2) is 7.17. The van der Waals surface area contributed by atoms with Crippen LogP contribution in [-0.2, 0) is 4.79 Å². The largest absolute Gasteiger partial charge is 0.481 e. The number of carboxylic acids is 1. The van der Waals surface area contributed by atoms with Crippen molar-refractivity contribution in [2.45, 2.75) is 18.9 Å². The molecule has 0 saturated carbocycles. The Morgan fingerprint density at radius 2 is 2.00 bits per heavy atom. The van der Waals surface area contributed by atoms with Crippen LogP contribution in [0.1, 0.15) is 30.0 Å². The van der Waals surface area contributed by atoms with Crippen LogP contribution in [0.5, 0.6) is 11.5 Å². The first-order valence-corrected chi connectivity index (χ1v) is 9.12. The summed E-state index contributed by atoms with van der Waals surface area (Å²) in [5.41, 5.74) is 1.99. The Kier molecular flexibility index (Phi) is 4.74. The molecule has 2 heterocycles. The number of hydrogen-bond donors (Lipinski definition) is 1. The average Bonchev–Trinajstić information content (AvgIpc) is 3.12. The number of rotatable bonds is 4. The topological polar surface area (TPSA) is 59.0 Å². The highest BCUT2D eigenvalue weighted by Gasteiger charge is 2.32. The second-order valence-electron chi connectivity index (χ2n) is 6.71. The predicted octanol–water partition coefficient (Wildman–Crippen LogP) is 3.95. The van der Waals surface area contributed by atoms with Gasteiger partial charge in [0, 0.05) is 11.6 Å². The number of benzene rings is 2. The van der Waals surface area contributed by atoms with E-state index in [9.17, 15) is 9.90 Å². The third kappa shape index (κ3) is 3.24. The molecule has 2 aliphatic heterocycles. The van der Waals surface area contributed by atoms with Crippen molar-refractivity contribution in [3.8, 4) is 11.5 Å². The lowest BCUT2D eigenvalue weighted by atomic mass is 9.91. The molecule has 0 spiro atoms. The highest BCUT2D eigenvalue weighted by Crippen LogP contribution is 2.40. The van der Waals surface area contributed by atoms with E-state index in [1.54, 1.807) is 0 Å². The quantitative estimate of drug-likeness (QED) is 0.879. The molecule has 5 nitrogen and oxygen atoms in total. The van der Waals surface area contributed by atoms with Crippen LogP contribution in [0.2, 0.25) is 5.02 Å². The van der Waals surface area contributed by atoms with Crippen LogP contribution in [0.4, 0.5) is 0 Å². The van der Waals surface area contributed by atoms with Crippen molar-refractivity contribution in [3.63, 3.8) is 0 Å². The van der Waals surface area contributed by atoms with Gasteiger partial charge in [0.1, 0.15) is 0 Å². The van der Waals surface area contributed by atoms with E-state index in [1.165, 1.54) is 0 Å². The molecule has 1 saturated heterocycles. The molecular formula is C20H20ClNO4. The lowest BCUT2D eigenvalue weighted by molar-refractivity contribution is -0.143. The number of likely N-dealkylation sites (tertiary alicyclic amines) is 1. The van der Waals surface area contributed by atoms with Crippen molar-refractivity contribution >= 4 is 17.6 Å². The molecule has 0 bridgehead atoms. The zero-order chi connectivity index (χ0) is 18.1. The first-order chi connectivity index (χ1) is 12.6. The highest BCUT2D eigenvalue weighted by molar-refractivity contribution is 6.31. The molecule has 0 aliphatic carbocycles. The second-order valence-corrected chi connectivity index (χ2v) is 7.12. The Morgan fingerprint density at radius 1 is 1.19 bits per heavy atom. The summed E-state index contributed by atoms with van der Waals surface area (Å²) < 4.78 is 11.0. The van der Waals surface area contributed by atoms with E-state index in [4.69, 9.17) is 21.1 Å². The standard InChI is InChI=1S/C20H20ClNO4/c21-16-6-2-1-5-15(16)19(22-9-3-4-14(11-22)20(23)24)13-7-8-17-18(10-13)26-12-25-17/h1-2,5-8,10,14,19H,3-4,9,11-12H2,(H,23,24). The van der Waals surface area contributed by atoms with E-state index in [0.29, 0.717) is 23.7 Å². The fourth-order valence-electron chi connectivity index (χ4n) is 3.81. The molecule has 1 N–H and O–H groups in total. The molecule has 2 unspecified atom stereocenters. The number of halogens is 1. The molecule has 4 rings (SSSR count). The molecule has 136 valence electrons. The van der Waals surface area contributed by atoms with Crippen molar-refractivity contribution in [1.29, 1.82) is 0 Å². The number of carbonyl (C=O) groups is 1. The van der Waals surface area contributed by atoms with Crippen molar-refractivity contribution in [2.24, 2.45) is 5.92 Å². The van der Waals surface area contributed by atoms with Crippen molar-refractivity contribution < 1.29 is 19.4 Å². The lowest BCUT2D eigenvalue weighted by Gasteiger charge is -2.38. The zero-order valence-electron chi connectivity index (χ0n) is 14.2. The average molecular weight is 374 g/mol.